The standard InChI is InChI=1S/C13H19N3O3S/c1-7-8(2)20-12(15-7)5-14-13(19)11-4-10(18)6-16(11)9(3)17/h10-11,18H,4-6H2,1-3H3,(H,14,19)/t10-,11-/m1/s1. The number of aromatic nitrogens is 1. The molecular formula is C13H19N3O3S. The normalized spacial score (nSPS) is 22.1. The van der Waals surface area contributed by atoms with Crippen molar-refractivity contribution in [1.82, 2.24) is 15.2 Å². The minimum atomic E-state index is -0.626. The lowest BCUT2D eigenvalue weighted by atomic mass is 10.2. The maximum atomic E-state index is 12.1. The largest absolute Gasteiger partial charge is 0.391 e. The SMILES string of the molecule is CC(=O)N1C[C@H](O)C[C@@H]1C(=O)NCc1nc(C)c(C)s1. The van der Waals surface area contributed by atoms with Gasteiger partial charge in [-0.1, -0.05) is 0 Å². The van der Waals surface area contributed by atoms with Gasteiger partial charge in [0.05, 0.1) is 18.3 Å². The quantitative estimate of drug-likeness (QED) is 0.844. The van der Waals surface area contributed by atoms with Crippen molar-refractivity contribution < 1.29 is 14.7 Å². The highest BCUT2D eigenvalue weighted by Gasteiger charge is 2.37. The number of carbonyl (C=O) groups excluding carboxylic acids is 2. The van der Waals surface area contributed by atoms with E-state index in [1.54, 1.807) is 11.3 Å². The molecule has 20 heavy (non-hydrogen) atoms. The van der Waals surface area contributed by atoms with Gasteiger partial charge in [0.15, 0.2) is 0 Å². The van der Waals surface area contributed by atoms with Gasteiger partial charge in [0.1, 0.15) is 11.0 Å². The zero-order valence-corrected chi connectivity index (χ0v) is 12.7. The molecular weight excluding hydrogens is 278 g/mol. The highest BCUT2D eigenvalue weighted by molar-refractivity contribution is 7.11. The predicted molar refractivity (Wildman–Crippen MR) is 75.2 cm³/mol. The Morgan fingerprint density at radius 2 is 2.20 bits per heavy atom. The maximum absolute atomic E-state index is 12.1. The van der Waals surface area contributed by atoms with Gasteiger partial charge in [-0.2, -0.15) is 0 Å². The number of hydrogen-bond acceptors (Lipinski definition) is 5. The second kappa shape index (κ2) is 5.88. The van der Waals surface area contributed by atoms with Gasteiger partial charge in [0.2, 0.25) is 11.8 Å². The van der Waals surface area contributed by atoms with E-state index < -0.39 is 12.1 Å². The third-order valence-electron chi connectivity index (χ3n) is 3.47. The summed E-state index contributed by atoms with van der Waals surface area (Å²) in [5.41, 5.74) is 0.973. The molecule has 2 N–H and O–H groups in total. The fourth-order valence-electron chi connectivity index (χ4n) is 2.31. The molecule has 1 aliphatic rings. The summed E-state index contributed by atoms with van der Waals surface area (Å²) >= 11 is 1.55. The average Bonchev–Trinajstić information content (AvgIpc) is 2.91. The number of aryl methyl sites for hydroxylation is 2. The molecule has 0 saturated carbocycles. The molecule has 1 aromatic rings. The third-order valence-corrected chi connectivity index (χ3v) is 4.55. The van der Waals surface area contributed by atoms with Crippen LogP contribution in [0, 0.1) is 13.8 Å². The second-order valence-corrected chi connectivity index (χ2v) is 6.33. The molecule has 2 amide bonds. The molecule has 7 heteroatoms. The first-order chi connectivity index (χ1) is 9.38. The zero-order valence-electron chi connectivity index (χ0n) is 11.8. The number of likely N-dealkylation sites (tertiary alicyclic amines) is 1. The second-order valence-electron chi connectivity index (χ2n) is 5.04. The van der Waals surface area contributed by atoms with Gasteiger partial charge < -0.3 is 15.3 Å². The lowest BCUT2D eigenvalue weighted by Gasteiger charge is -2.21. The van der Waals surface area contributed by atoms with Crippen LogP contribution in [0.1, 0.15) is 28.9 Å². The number of nitrogens with zero attached hydrogens (tertiary/aromatic N) is 2. The number of aliphatic hydroxyl groups excluding tert-OH is 1. The van der Waals surface area contributed by atoms with Crippen LogP contribution in [-0.4, -0.2) is 45.5 Å². The molecule has 1 saturated heterocycles. The molecule has 2 rings (SSSR count). The summed E-state index contributed by atoms with van der Waals surface area (Å²) in [6.45, 7) is 5.91. The van der Waals surface area contributed by atoms with Gasteiger partial charge >= 0.3 is 0 Å². The van der Waals surface area contributed by atoms with Crippen LogP contribution in [0.5, 0.6) is 0 Å². The molecule has 0 aromatic carbocycles. The van der Waals surface area contributed by atoms with E-state index in [0.29, 0.717) is 13.0 Å². The summed E-state index contributed by atoms with van der Waals surface area (Å²) in [6.07, 6.45) is -0.333. The summed E-state index contributed by atoms with van der Waals surface area (Å²) in [5, 5.41) is 13.2. The van der Waals surface area contributed by atoms with Crippen LogP contribution >= 0.6 is 11.3 Å². The van der Waals surface area contributed by atoms with Crippen molar-refractivity contribution >= 4 is 23.2 Å². The number of thiazole rings is 1. The van der Waals surface area contributed by atoms with Crippen LogP contribution in [0.15, 0.2) is 0 Å². The van der Waals surface area contributed by atoms with Crippen LogP contribution in [0.25, 0.3) is 0 Å². The van der Waals surface area contributed by atoms with E-state index in [4.69, 9.17) is 0 Å². The summed E-state index contributed by atoms with van der Waals surface area (Å²) < 4.78 is 0. The van der Waals surface area contributed by atoms with E-state index in [1.165, 1.54) is 11.8 Å². The fourth-order valence-corrected chi connectivity index (χ4v) is 3.18. The Hall–Kier alpha value is -1.47. The number of hydrogen-bond donors (Lipinski definition) is 2. The topological polar surface area (TPSA) is 82.5 Å². The van der Waals surface area contributed by atoms with E-state index in [-0.39, 0.29) is 18.4 Å². The Balaban J connectivity index is 1.95. The molecule has 0 unspecified atom stereocenters. The van der Waals surface area contributed by atoms with E-state index in [1.807, 2.05) is 13.8 Å². The van der Waals surface area contributed by atoms with Crippen molar-refractivity contribution in [3.05, 3.63) is 15.6 Å². The van der Waals surface area contributed by atoms with Crippen LogP contribution in [0.2, 0.25) is 0 Å². The van der Waals surface area contributed by atoms with Crippen molar-refractivity contribution in [3.8, 4) is 0 Å². The van der Waals surface area contributed by atoms with Crippen molar-refractivity contribution in [2.24, 2.45) is 0 Å². The fraction of sp³-hybridized carbons (Fsp3) is 0.615. The number of rotatable bonds is 3. The van der Waals surface area contributed by atoms with E-state index in [2.05, 4.69) is 10.3 Å². The molecule has 0 bridgehead atoms. The lowest BCUT2D eigenvalue weighted by molar-refractivity contribution is -0.137. The van der Waals surface area contributed by atoms with Crippen LogP contribution in [0.4, 0.5) is 0 Å². The highest BCUT2D eigenvalue weighted by atomic mass is 32.1. The van der Waals surface area contributed by atoms with Crippen LogP contribution in [-0.2, 0) is 16.1 Å². The number of β-amino-alcohol motifs (C(OH)–C–C–N with tert-alkyl or cyclic N) is 1. The van der Waals surface area contributed by atoms with Gasteiger partial charge in [-0.05, 0) is 13.8 Å². The summed E-state index contributed by atoms with van der Waals surface area (Å²) in [6, 6.07) is -0.579. The molecule has 0 radical (unpaired) electrons. The van der Waals surface area contributed by atoms with Crippen LogP contribution in [0.3, 0.4) is 0 Å². The monoisotopic (exact) mass is 297 g/mol. The van der Waals surface area contributed by atoms with Crippen molar-refractivity contribution in [1.29, 1.82) is 0 Å². The molecule has 2 atom stereocenters. The first-order valence-electron chi connectivity index (χ1n) is 6.54. The Morgan fingerprint density at radius 1 is 1.50 bits per heavy atom. The molecule has 6 nitrogen and oxygen atoms in total. The van der Waals surface area contributed by atoms with E-state index in [9.17, 15) is 14.7 Å². The van der Waals surface area contributed by atoms with Gasteiger partial charge in [-0.25, -0.2) is 4.98 Å². The minimum Gasteiger partial charge on any atom is -0.391 e. The molecule has 1 aliphatic heterocycles. The Bertz CT molecular complexity index is 509. The van der Waals surface area contributed by atoms with Crippen molar-refractivity contribution in [2.45, 2.75) is 45.9 Å². The minimum absolute atomic E-state index is 0.192. The summed E-state index contributed by atoms with van der Waals surface area (Å²) in [4.78, 5) is 30.5. The van der Waals surface area contributed by atoms with Gasteiger partial charge in [0, 0.05) is 24.8 Å². The molecule has 110 valence electrons. The van der Waals surface area contributed by atoms with E-state index >= 15 is 0 Å². The Labute approximate surface area is 121 Å². The maximum Gasteiger partial charge on any atom is 0.243 e. The number of carbonyl (C=O) groups is 2. The van der Waals surface area contributed by atoms with E-state index in [0.717, 1.165) is 15.6 Å². The van der Waals surface area contributed by atoms with Crippen molar-refractivity contribution in [3.63, 3.8) is 0 Å². The predicted octanol–water partition coefficient (Wildman–Crippen LogP) is 0.358. The Morgan fingerprint density at radius 3 is 2.75 bits per heavy atom. The van der Waals surface area contributed by atoms with Crippen LogP contribution < -0.4 is 5.32 Å². The molecule has 1 aromatic heterocycles. The number of nitrogens with one attached hydrogen (secondary N) is 1. The average molecular weight is 297 g/mol. The highest BCUT2D eigenvalue weighted by Crippen LogP contribution is 2.19. The smallest absolute Gasteiger partial charge is 0.243 e. The van der Waals surface area contributed by atoms with Gasteiger partial charge in [-0.15, -0.1) is 11.3 Å². The first kappa shape index (κ1) is 14.9. The molecule has 1 fully saturated rings. The summed E-state index contributed by atoms with van der Waals surface area (Å²) in [5.74, 6) is -0.426. The number of amides is 2. The molecule has 2 heterocycles. The Kier molecular flexibility index (Phi) is 4.39. The number of aliphatic hydroxyl groups is 1. The zero-order chi connectivity index (χ0) is 14.9. The molecule has 0 spiro atoms. The summed E-state index contributed by atoms with van der Waals surface area (Å²) in [7, 11) is 0. The van der Waals surface area contributed by atoms with Gasteiger partial charge in [-0.3, -0.25) is 9.59 Å². The molecule has 0 aliphatic carbocycles. The first-order valence-corrected chi connectivity index (χ1v) is 7.36. The third kappa shape index (κ3) is 3.16. The van der Waals surface area contributed by atoms with Gasteiger partial charge in [0.25, 0.3) is 0 Å². The van der Waals surface area contributed by atoms with Crippen molar-refractivity contribution in [2.75, 3.05) is 6.54 Å². The lowest BCUT2D eigenvalue weighted by Crippen LogP contribution is -2.44.